The number of imidazole rings is 1. The van der Waals surface area contributed by atoms with Gasteiger partial charge in [-0.1, -0.05) is 12.8 Å². The summed E-state index contributed by atoms with van der Waals surface area (Å²) >= 11 is 0. The maximum Gasteiger partial charge on any atom is 0.335 e. The largest absolute Gasteiger partial charge is 0.478 e. The van der Waals surface area contributed by atoms with Gasteiger partial charge < -0.3 is 9.67 Å². The number of carboxylic acids is 1. The van der Waals surface area contributed by atoms with Crippen molar-refractivity contribution in [1.29, 1.82) is 0 Å². The molecule has 0 radical (unpaired) electrons. The first-order valence-electron chi connectivity index (χ1n) is 7.96. The van der Waals surface area contributed by atoms with E-state index in [0.717, 1.165) is 23.5 Å². The molecule has 4 heteroatoms. The number of hydrogen-bond donors (Lipinski definition) is 1. The second kappa shape index (κ2) is 4.86. The van der Waals surface area contributed by atoms with Crippen molar-refractivity contribution in [2.75, 3.05) is 0 Å². The summed E-state index contributed by atoms with van der Waals surface area (Å²) in [5, 5.41) is 9.22. The molecule has 4 rings (SSSR count). The molecular formula is C17H20N2O2. The smallest absolute Gasteiger partial charge is 0.335 e. The minimum Gasteiger partial charge on any atom is -0.478 e. The lowest BCUT2D eigenvalue weighted by Gasteiger charge is -2.14. The van der Waals surface area contributed by atoms with Crippen molar-refractivity contribution >= 4 is 17.0 Å². The Bertz CT molecular complexity index is 694. The molecule has 0 spiro atoms. The summed E-state index contributed by atoms with van der Waals surface area (Å²) in [7, 11) is 0. The first kappa shape index (κ1) is 12.9. The van der Waals surface area contributed by atoms with E-state index in [-0.39, 0.29) is 0 Å². The molecule has 110 valence electrons. The van der Waals surface area contributed by atoms with E-state index in [1.54, 1.807) is 12.1 Å². The van der Waals surface area contributed by atoms with Crippen LogP contribution >= 0.6 is 0 Å². The number of aromatic carboxylic acids is 1. The third kappa shape index (κ3) is 2.33. The molecule has 1 N–H and O–H groups in total. The van der Waals surface area contributed by atoms with Crippen LogP contribution in [0.15, 0.2) is 18.2 Å². The summed E-state index contributed by atoms with van der Waals surface area (Å²) in [6, 6.07) is 5.32. The third-order valence-corrected chi connectivity index (χ3v) is 4.88. The molecule has 1 heterocycles. The second-order valence-electron chi connectivity index (χ2n) is 6.51. The van der Waals surface area contributed by atoms with Gasteiger partial charge in [0.2, 0.25) is 0 Å². The van der Waals surface area contributed by atoms with Crippen LogP contribution in [-0.4, -0.2) is 20.6 Å². The van der Waals surface area contributed by atoms with Crippen LogP contribution in [0, 0.1) is 5.92 Å². The average molecular weight is 284 g/mol. The summed E-state index contributed by atoms with van der Waals surface area (Å²) in [5.41, 5.74) is 2.31. The van der Waals surface area contributed by atoms with Crippen molar-refractivity contribution < 1.29 is 9.90 Å². The summed E-state index contributed by atoms with van der Waals surface area (Å²) in [5.74, 6) is 1.64. The standard InChI is InChI=1S/C17H20N2O2/c20-17(21)13-7-8-14-15(9-13)19(10-11-3-1-2-4-11)16(18-14)12-5-6-12/h7-9,11-12H,1-6,10H2,(H,20,21). The van der Waals surface area contributed by atoms with Gasteiger partial charge in [-0.05, 0) is 49.8 Å². The van der Waals surface area contributed by atoms with Gasteiger partial charge in [0.05, 0.1) is 16.6 Å². The lowest BCUT2D eigenvalue weighted by molar-refractivity contribution is 0.0697. The van der Waals surface area contributed by atoms with Crippen molar-refractivity contribution in [1.82, 2.24) is 9.55 Å². The van der Waals surface area contributed by atoms with Crippen molar-refractivity contribution in [2.24, 2.45) is 5.92 Å². The lowest BCUT2D eigenvalue weighted by Crippen LogP contribution is -2.10. The number of carboxylic acid groups (broad SMARTS) is 1. The maximum atomic E-state index is 11.2. The summed E-state index contributed by atoms with van der Waals surface area (Å²) in [6.07, 6.45) is 7.69. The summed E-state index contributed by atoms with van der Waals surface area (Å²) in [6.45, 7) is 1.01. The SMILES string of the molecule is O=C(O)c1ccc2nc(C3CC3)n(CC3CCCC3)c2c1. The molecule has 0 saturated heterocycles. The van der Waals surface area contributed by atoms with Crippen LogP contribution in [-0.2, 0) is 6.54 Å². The van der Waals surface area contributed by atoms with Crippen LogP contribution in [0.3, 0.4) is 0 Å². The molecule has 0 amide bonds. The van der Waals surface area contributed by atoms with Crippen LogP contribution in [0.2, 0.25) is 0 Å². The van der Waals surface area contributed by atoms with E-state index in [2.05, 4.69) is 4.57 Å². The van der Waals surface area contributed by atoms with Crippen molar-refractivity contribution in [3.05, 3.63) is 29.6 Å². The number of fused-ring (bicyclic) bond motifs is 1. The number of hydrogen-bond acceptors (Lipinski definition) is 2. The van der Waals surface area contributed by atoms with E-state index < -0.39 is 5.97 Å². The van der Waals surface area contributed by atoms with Crippen molar-refractivity contribution in [2.45, 2.75) is 51.0 Å². The van der Waals surface area contributed by atoms with Crippen LogP contribution < -0.4 is 0 Å². The van der Waals surface area contributed by atoms with Gasteiger partial charge in [-0.25, -0.2) is 9.78 Å². The number of carbonyl (C=O) groups is 1. The minimum absolute atomic E-state index is 0.359. The van der Waals surface area contributed by atoms with Gasteiger partial charge in [-0.3, -0.25) is 0 Å². The molecule has 2 aromatic rings. The second-order valence-corrected chi connectivity index (χ2v) is 6.51. The highest BCUT2D eigenvalue weighted by Gasteiger charge is 2.30. The van der Waals surface area contributed by atoms with Gasteiger partial charge >= 0.3 is 5.97 Å². The molecule has 1 aromatic carbocycles. The first-order chi connectivity index (χ1) is 10.2. The molecule has 2 aliphatic rings. The Kier molecular flexibility index (Phi) is 2.98. The van der Waals surface area contributed by atoms with Crippen LogP contribution in [0.4, 0.5) is 0 Å². The molecule has 0 unspecified atom stereocenters. The fourth-order valence-electron chi connectivity index (χ4n) is 3.57. The molecule has 0 aliphatic heterocycles. The van der Waals surface area contributed by atoms with Gasteiger partial charge in [0.1, 0.15) is 5.82 Å². The normalized spacial score (nSPS) is 19.4. The van der Waals surface area contributed by atoms with E-state index >= 15 is 0 Å². The molecule has 2 fully saturated rings. The predicted molar refractivity (Wildman–Crippen MR) is 80.6 cm³/mol. The summed E-state index contributed by atoms with van der Waals surface area (Å²) < 4.78 is 2.31. The minimum atomic E-state index is -0.863. The van der Waals surface area contributed by atoms with E-state index in [4.69, 9.17) is 4.98 Å². The van der Waals surface area contributed by atoms with E-state index in [9.17, 15) is 9.90 Å². The Morgan fingerprint density at radius 3 is 2.67 bits per heavy atom. The third-order valence-electron chi connectivity index (χ3n) is 4.88. The number of rotatable bonds is 4. The molecule has 2 saturated carbocycles. The zero-order valence-electron chi connectivity index (χ0n) is 12.1. The maximum absolute atomic E-state index is 11.2. The molecule has 21 heavy (non-hydrogen) atoms. The predicted octanol–water partition coefficient (Wildman–Crippen LogP) is 3.80. The van der Waals surface area contributed by atoms with Crippen LogP contribution in [0.5, 0.6) is 0 Å². The molecule has 1 aromatic heterocycles. The van der Waals surface area contributed by atoms with E-state index in [1.807, 2.05) is 6.07 Å². The fourth-order valence-corrected chi connectivity index (χ4v) is 3.57. The van der Waals surface area contributed by atoms with Crippen LogP contribution in [0.1, 0.15) is 60.6 Å². The van der Waals surface area contributed by atoms with Gasteiger partial charge in [0.15, 0.2) is 0 Å². The topological polar surface area (TPSA) is 55.1 Å². The monoisotopic (exact) mass is 284 g/mol. The highest BCUT2D eigenvalue weighted by Crippen LogP contribution is 2.41. The number of aromatic nitrogens is 2. The zero-order valence-corrected chi connectivity index (χ0v) is 12.1. The quantitative estimate of drug-likeness (QED) is 0.929. The van der Waals surface area contributed by atoms with Gasteiger partial charge in [-0.15, -0.1) is 0 Å². The van der Waals surface area contributed by atoms with Gasteiger partial charge in [-0.2, -0.15) is 0 Å². The Morgan fingerprint density at radius 1 is 1.24 bits per heavy atom. The van der Waals surface area contributed by atoms with Crippen molar-refractivity contribution in [3.8, 4) is 0 Å². The molecule has 0 bridgehead atoms. The Hall–Kier alpha value is -1.84. The number of nitrogens with zero attached hydrogens (tertiary/aromatic N) is 2. The van der Waals surface area contributed by atoms with Gasteiger partial charge in [0, 0.05) is 12.5 Å². The lowest BCUT2D eigenvalue weighted by atomic mass is 10.1. The van der Waals surface area contributed by atoms with Crippen LogP contribution in [0.25, 0.3) is 11.0 Å². The Balaban J connectivity index is 1.80. The summed E-state index contributed by atoms with van der Waals surface area (Å²) in [4.78, 5) is 16.0. The van der Waals surface area contributed by atoms with Crippen molar-refractivity contribution in [3.63, 3.8) is 0 Å². The molecule has 0 atom stereocenters. The molecule has 2 aliphatic carbocycles. The molecular weight excluding hydrogens is 264 g/mol. The highest BCUT2D eigenvalue weighted by atomic mass is 16.4. The molecule has 4 nitrogen and oxygen atoms in total. The van der Waals surface area contributed by atoms with Gasteiger partial charge in [0.25, 0.3) is 0 Å². The fraction of sp³-hybridized carbons (Fsp3) is 0.529. The van der Waals surface area contributed by atoms with E-state index in [1.165, 1.54) is 44.3 Å². The Morgan fingerprint density at radius 2 is 2.00 bits per heavy atom. The number of benzene rings is 1. The highest BCUT2D eigenvalue weighted by molar-refractivity contribution is 5.92. The zero-order chi connectivity index (χ0) is 14.4. The average Bonchev–Trinajstić information content (AvgIpc) is 3.07. The van der Waals surface area contributed by atoms with E-state index in [0.29, 0.717) is 11.5 Å². The first-order valence-corrected chi connectivity index (χ1v) is 7.96. The Labute approximate surface area is 123 Å².